The van der Waals surface area contributed by atoms with Crippen LogP contribution in [0.15, 0.2) is 0 Å². The Labute approximate surface area is 109 Å². The lowest BCUT2D eigenvalue weighted by Crippen LogP contribution is -2.50. The maximum Gasteiger partial charge on any atom is 0.320 e. The molecule has 1 heterocycles. The van der Waals surface area contributed by atoms with E-state index in [1.165, 1.54) is 0 Å². The van der Waals surface area contributed by atoms with Crippen molar-refractivity contribution in [3.8, 4) is 0 Å². The molecule has 1 fully saturated rings. The molecule has 5 nitrogen and oxygen atoms in total. The van der Waals surface area contributed by atoms with Crippen LogP contribution in [0, 0.1) is 0 Å². The van der Waals surface area contributed by atoms with Crippen LogP contribution in [0.25, 0.3) is 0 Å². The van der Waals surface area contributed by atoms with Crippen LogP contribution in [-0.4, -0.2) is 52.6 Å². The van der Waals surface area contributed by atoms with Gasteiger partial charge in [0.15, 0.2) is 0 Å². The number of carboxylic acids is 1. The minimum Gasteiger partial charge on any atom is -0.481 e. The molecule has 1 rings (SSSR count). The third-order valence-corrected chi connectivity index (χ3v) is 3.60. The van der Waals surface area contributed by atoms with E-state index in [0.29, 0.717) is 19.5 Å². The predicted molar refractivity (Wildman–Crippen MR) is 69.5 cm³/mol. The molecule has 0 aliphatic carbocycles. The smallest absolute Gasteiger partial charge is 0.320 e. The molecule has 0 aromatic rings. The average Bonchev–Trinajstić information content (AvgIpc) is 2.38. The Morgan fingerprint density at radius 3 is 2.50 bits per heavy atom. The number of hydrogen-bond donors (Lipinski definition) is 1. The van der Waals surface area contributed by atoms with Crippen LogP contribution in [0.2, 0.25) is 0 Å². The first-order valence-electron chi connectivity index (χ1n) is 6.87. The second-order valence-electron chi connectivity index (χ2n) is 4.73. The highest BCUT2D eigenvalue weighted by Gasteiger charge is 2.29. The normalized spacial score (nSPS) is 19.7. The first-order chi connectivity index (χ1) is 8.60. The SMILES string of the molecule is CCN(CC)C(=O)N1CCCCC1CCC(=O)O. The number of amides is 2. The van der Waals surface area contributed by atoms with Gasteiger partial charge in [-0.1, -0.05) is 0 Å². The van der Waals surface area contributed by atoms with Crippen molar-refractivity contribution in [1.29, 1.82) is 0 Å². The highest BCUT2D eigenvalue weighted by atomic mass is 16.4. The molecule has 1 saturated heterocycles. The van der Waals surface area contributed by atoms with Crippen LogP contribution in [0.3, 0.4) is 0 Å². The fourth-order valence-electron chi connectivity index (χ4n) is 2.52. The molecule has 18 heavy (non-hydrogen) atoms. The van der Waals surface area contributed by atoms with E-state index in [0.717, 1.165) is 25.8 Å². The molecule has 0 radical (unpaired) electrons. The van der Waals surface area contributed by atoms with E-state index in [1.54, 1.807) is 4.90 Å². The second-order valence-corrected chi connectivity index (χ2v) is 4.73. The third kappa shape index (κ3) is 3.89. The number of carbonyl (C=O) groups is 2. The number of urea groups is 1. The fourth-order valence-corrected chi connectivity index (χ4v) is 2.52. The first kappa shape index (κ1) is 14.8. The summed E-state index contributed by atoms with van der Waals surface area (Å²) in [6.45, 7) is 6.11. The number of carboxylic acid groups (broad SMARTS) is 1. The summed E-state index contributed by atoms with van der Waals surface area (Å²) in [6, 6.07) is 0.165. The molecular weight excluding hydrogens is 232 g/mol. The van der Waals surface area contributed by atoms with Crippen LogP contribution in [0.5, 0.6) is 0 Å². The molecule has 0 aromatic carbocycles. The summed E-state index contributed by atoms with van der Waals surface area (Å²) in [5, 5.41) is 8.76. The van der Waals surface area contributed by atoms with Gasteiger partial charge in [0, 0.05) is 32.1 Å². The van der Waals surface area contributed by atoms with Gasteiger partial charge < -0.3 is 14.9 Å². The van der Waals surface area contributed by atoms with Crippen LogP contribution in [0.1, 0.15) is 46.0 Å². The van der Waals surface area contributed by atoms with Crippen molar-refractivity contribution in [3.63, 3.8) is 0 Å². The van der Waals surface area contributed by atoms with Crippen molar-refractivity contribution in [2.75, 3.05) is 19.6 Å². The molecule has 1 aliphatic rings. The minimum absolute atomic E-state index is 0.0649. The van der Waals surface area contributed by atoms with Crippen molar-refractivity contribution in [2.24, 2.45) is 0 Å². The number of carbonyl (C=O) groups excluding carboxylic acids is 1. The Kier molecular flexibility index (Phi) is 5.95. The van der Waals surface area contributed by atoms with Gasteiger partial charge in [-0.15, -0.1) is 0 Å². The Balaban J connectivity index is 2.63. The molecule has 0 bridgehead atoms. The van der Waals surface area contributed by atoms with E-state index in [9.17, 15) is 9.59 Å². The van der Waals surface area contributed by atoms with Crippen LogP contribution >= 0.6 is 0 Å². The van der Waals surface area contributed by atoms with Gasteiger partial charge in [-0.05, 0) is 39.5 Å². The molecule has 0 aromatic heterocycles. The summed E-state index contributed by atoms with van der Waals surface area (Å²) in [7, 11) is 0. The third-order valence-electron chi connectivity index (χ3n) is 3.60. The molecule has 1 atom stereocenters. The van der Waals surface area contributed by atoms with E-state index in [2.05, 4.69) is 0 Å². The topological polar surface area (TPSA) is 60.9 Å². The lowest BCUT2D eigenvalue weighted by atomic mass is 9.98. The van der Waals surface area contributed by atoms with Gasteiger partial charge in [0.25, 0.3) is 0 Å². The highest BCUT2D eigenvalue weighted by Crippen LogP contribution is 2.22. The number of hydrogen-bond acceptors (Lipinski definition) is 2. The summed E-state index contributed by atoms with van der Waals surface area (Å²) in [4.78, 5) is 26.6. The van der Waals surface area contributed by atoms with E-state index in [-0.39, 0.29) is 18.5 Å². The second kappa shape index (κ2) is 7.24. The molecule has 104 valence electrons. The first-order valence-corrected chi connectivity index (χ1v) is 6.87. The number of rotatable bonds is 5. The Hall–Kier alpha value is -1.26. The Morgan fingerprint density at radius 2 is 1.94 bits per heavy atom. The summed E-state index contributed by atoms with van der Waals surface area (Å²) in [5.41, 5.74) is 0. The van der Waals surface area contributed by atoms with Crippen molar-refractivity contribution in [3.05, 3.63) is 0 Å². The molecule has 5 heteroatoms. The summed E-state index contributed by atoms with van der Waals surface area (Å²) >= 11 is 0. The lowest BCUT2D eigenvalue weighted by Gasteiger charge is -2.38. The zero-order chi connectivity index (χ0) is 13.5. The molecule has 1 unspecified atom stereocenters. The van der Waals surface area contributed by atoms with E-state index in [1.807, 2.05) is 18.7 Å². The fraction of sp³-hybridized carbons (Fsp3) is 0.846. The number of nitrogens with zero attached hydrogens (tertiary/aromatic N) is 2. The number of piperidine rings is 1. The van der Waals surface area contributed by atoms with Crippen LogP contribution in [-0.2, 0) is 4.79 Å². The van der Waals surface area contributed by atoms with Crippen molar-refractivity contribution >= 4 is 12.0 Å². The van der Waals surface area contributed by atoms with Gasteiger partial charge in [0.2, 0.25) is 0 Å². The van der Waals surface area contributed by atoms with Gasteiger partial charge in [0.05, 0.1) is 0 Å². The molecule has 2 amide bonds. The van der Waals surface area contributed by atoms with Crippen LogP contribution in [0.4, 0.5) is 4.79 Å². The summed E-state index contributed by atoms with van der Waals surface area (Å²) in [5.74, 6) is -0.782. The van der Waals surface area contributed by atoms with Gasteiger partial charge >= 0.3 is 12.0 Å². The quantitative estimate of drug-likeness (QED) is 0.820. The van der Waals surface area contributed by atoms with Gasteiger partial charge in [-0.3, -0.25) is 4.79 Å². The average molecular weight is 256 g/mol. The zero-order valence-electron chi connectivity index (χ0n) is 11.4. The largest absolute Gasteiger partial charge is 0.481 e. The molecule has 1 aliphatic heterocycles. The molecular formula is C13H24N2O3. The number of likely N-dealkylation sites (tertiary alicyclic amines) is 1. The molecule has 0 saturated carbocycles. The van der Waals surface area contributed by atoms with E-state index >= 15 is 0 Å². The van der Waals surface area contributed by atoms with E-state index in [4.69, 9.17) is 5.11 Å². The maximum absolute atomic E-state index is 12.3. The molecule has 0 spiro atoms. The van der Waals surface area contributed by atoms with Crippen molar-refractivity contribution in [1.82, 2.24) is 9.80 Å². The predicted octanol–water partition coefficient (Wildman–Crippen LogP) is 2.17. The Bertz CT molecular complexity index is 290. The van der Waals surface area contributed by atoms with Crippen molar-refractivity contribution < 1.29 is 14.7 Å². The van der Waals surface area contributed by atoms with E-state index < -0.39 is 5.97 Å². The lowest BCUT2D eigenvalue weighted by molar-refractivity contribution is -0.137. The highest BCUT2D eigenvalue weighted by molar-refractivity contribution is 5.75. The summed E-state index contributed by atoms with van der Waals surface area (Å²) in [6.07, 6.45) is 3.76. The van der Waals surface area contributed by atoms with Crippen LogP contribution < -0.4 is 0 Å². The Morgan fingerprint density at radius 1 is 1.28 bits per heavy atom. The summed E-state index contributed by atoms with van der Waals surface area (Å²) < 4.78 is 0. The minimum atomic E-state index is -0.782. The monoisotopic (exact) mass is 256 g/mol. The van der Waals surface area contributed by atoms with Gasteiger partial charge in [0.1, 0.15) is 0 Å². The number of aliphatic carboxylic acids is 1. The zero-order valence-corrected chi connectivity index (χ0v) is 11.4. The van der Waals surface area contributed by atoms with Gasteiger partial charge in [-0.2, -0.15) is 0 Å². The van der Waals surface area contributed by atoms with Crippen molar-refractivity contribution in [2.45, 2.75) is 52.0 Å². The maximum atomic E-state index is 12.3. The standard InChI is InChI=1S/C13H24N2O3/c1-3-14(4-2)13(18)15-10-6-5-7-11(15)8-9-12(16)17/h11H,3-10H2,1-2H3,(H,16,17). The molecule has 1 N–H and O–H groups in total. The van der Waals surface area contributed by atoms with Gasteiger partial charge in [-0.25, -0.2) is 4.79 Å².